The number of hydrogen-bond donors (Lipinski definition) is 1. The number of rotatable bonds is 3. The van der Waals surface area contributed by atoms with E-state index in [0.29, 0.717) is 5.57 Å². The maximum absolute atomic E-state index is 12.0. The average Bonchev–Trinajstić information content (AvgIpc) is 2.31. The van der Waals surface area contributed by atoms with Crippen LogP contribution in [0, 0.1) is 0 Å². The third kappa shape index (κ3) is 3.36. The molecule has 0 aromatic carbocycles. The highest BCUT2D eigenvalue weighted by molar-refractivity contribution is 5.96. The van der Waals surface area contributed by atoms with E-state index in [9.17, 15) is 4.79 Å². The van der Waals surface area contributed by atoms with Gasteiger partial charge in [0.2, 0.25) is 0 Å². The van der Waals surface area contributed by atoms with Crippen LogP contribution in [0.4, 0.5) is 0 Å². The van der Waals surface area contributed by atoms with Gasteiger partial charge in [-0.15, -0.1) is 0 Å². The molecule has 1 fully saturated rings. The number of piperazine rings is 1. The number of hydrogen-bond acceptors (Lipinski definition) is 2. The van der Waals surface area contributed by atoms with Crippen molar-refractivity contribution in [3.63, 3.8) is 0 Å². The van der Waals surface area contributed by atoms with Crippen molar-refractivity contribution in [2.75, 3.05) is 26.2 Å². The van der Waals surface area contributed by atoms with Gasteiger partial charge in [-0.25, -0.2) is 0 Å². The molecule has 0 aromatic rings. The van der Waals surface area contributed by atoms with Crippen LogP contribution < -0.4 is 5.32 Å². The molecular weight excluding hydrogens is 188 g/mol. The molecule has 15 heavy (non-hydrogen) atoms. The van der Waals surface area contributed by atoms with E-state index in [1.807, 2.05) is 24.0 Å². The molecule has 3 nitrogen and oxygen atoms in total. The Balaban J connectivity index is 2.67. The van der Waals surface area contributed by atoms with Gasteiger partial charge in [0.1, 0.15) is 0 Å². The molecule has 1 aliphatic heterocycles. The van der Waals surface area contributed by atoms with Gasteiger partial charge in [0.15, 0.2) is 0 Å². The van der Waals surface area contributed by atoms with Gasteiger partial charge < -0.3 is 10.2 Å². The first kappa shape index (κ1) is 11.7. The van der Waals surface area contributed by atoms with E-state index in [1.165, 1.54) is 0 Å². The second kappa shape index (κ2) is 6.19. The second-order valence-corrected chi connectivity index (χ2v) is 3.39. The minimum Gasteiger partial charge on any atom is -0.336 e. The summed E-state index contributed by atoms with van der Waals surface area (Å²) in [6.45, 7) is 8.89. The lowest BCUT2D eigenvalue weighted by Crippen LogP contribution is -2.46. The van der Waals surface area contributed by atoms with E-state index in [4.69, 9.17) is 0 Å². The molecule has 0 aliphatic carbocycles. The lowest BCUT2D eigenvalue weighted by molar-refractivity contribution is -0.127. The van der Waals surface area contributed by atoms with E-state index >= 15 is 0 Å². The van der Waals surface area contributed by atoms with Crippen molar-refractivity contribution in [2.45, 2.75) is 6.92 Å². The molecule has 82 valence electrons. The van der Waals surface area contributed by atoms with Crippen LogP contribution in [0.3, 0.4) is 0 Å². The number of nitrogens with zero attached hydrogens (tertiary/aromatic N) is 1. The molecule has 3 heteroatoms. The zero-order valence-corrected chi connectivity index (χ0v) is 9.20. The highest BCUT2D eigenvalue weighted by Gasteiger charge is 2.17. The van der Waals surface area contributed by atoms with E-state index in [1.54, 1.807) is 12.2 Å². The second-order valence-electron chi connectivity index (χ2n) is 3.39. The summed E-state index contributed by atoms with van der Waals surface area (Å²) in [7, 11) is 0. The van der Waals surface area contributed by atoms with Gasteiger partial charge in [0.05, 0.1) is 0 Å². The maximum atomic E-state index is 12.0. The smallest absolute Gasteiger partial charge is 0.253 e. The van der Waals surface area contributed by atoms with E-state index < -0.39 is 0 Å². The Morgan fingerprint density at radius 1 is 1.40 bits per heavy atom. The van der Waals surface area contributed by atoms with Crippen molar-refractivity contribution >= 4 is 5.91 Å². The highest BCUT2D eigenvalue weighted by Crippen LogP contribution is 2.05. The molecule has 1 amide bonds. The minimum atomic E-state index is 0.0737. The van der Waals surface area contributed by atoms with Crippen LogP contribution in [0.25, 0.3) is 0 Å². The summed E-state index contributed by atoms with van der Waals surface area (Å²) in [4.78, 5) is 13.8. The van der Waals surface area contributed by atoms with Crippen molar-refractivity contribution in [3.8, 4) is 0 Å². The summed E-state index contributed by atoms with van der Waals surface area (Å²) in [5, 5.41) is 3.22. The summed E-state index contributed by atoms with van der Waals surface area (Å²) >= 11 is 0. The summed E-state index contributed by atoms with van der Waals surface area (Å²) in [5.41, 5.74) is 0.662. The van der Waals surface area contributed by atoms with Crippen molar-refractivity contribution in [1.29, 1.82) is 0 Å². The molecule has 1 aliphatic rings. The molecule has 1 heterocycles. The minimum absolute atomic E-state index is 0.0737. The molecule has 0 aromatic heterocycles. The molecular formula is C12H18N2O. The molecule has 0 saturated carbocycles. The predicted molar refractivity (Wildman–Crippen MR) is 62.5 cm³/mol. The van der Waals surface area contributed by atoms with Gasteiger partial charge >= 0.3 is 0 Å². The molecule has 0 atom stereocenters. The topological polar surface area (TPSA) is 32.3 Å². The van der Waals surface area contributed by atoms with Gasteiger partial charge in [-0.3, -0.25) is 4.79 Å². The Morgan fingerprint density at radius 3 is 2.60 bits per heavy atom. The largest absolute Gasteiger partial charge is 0.336 e. The zero-order valence-electron chi connectivity index (χ0n) is 9.20. The van der Waals surface area contributed by atoms with Gasteiger partial charge in [0.25, 0.3) is 5.91 Å². The first-order chi connectivity index (χ1) is 7.29. The predicted octanol–water partition coefficient (Wildman–Crippen LogP) is 1.11. The molecule has 1 N–H and O–H groups in total. The summed E-state index contributed by atoms with van der Waals surface area (Å²) < 4.78 is 0. The third-order valence-electron chi connectivity index (χ3n) is 2.34. The first-order valence-electron chi connectivity index (χ1n) is 5.25. The molecule has 0 bridgehead atoms. The van der Waals surface area contributed by atoms with Crippen molar-refractivity contribution in [1.82, 2.24) is 10.2 Å². The number of carbonyl (C=O) groups is 1. The molecule has 1 saturated heterocycles. The Labute approximate surface area is 91.2 Å². The Morgan fingerprint density at radius 2 is 2.07 bits per heavy atom. The van der Waals surface area contributed by atoms with Crippen molar-refractivity contribution in [2.24, 2.45) is 0 Å². The lowest BCUT2D eigenvalue weighted by Gasteiger charge is -2.27. The normalized spacial score (nSPS) is 18.2. The summed E-state index contributed by atoms with van der Waals surface area (Å²) in [5.74, 6) is 0.0737. The fourth-order valence-corrected chi connectivity index (χ4v) is 1.48. The lowest BCUT2D eigenvalue weighted by atomic mass is 10.2. The molecule has 0 unspecified atom stereocenters. The average molecular weight is 206 g/mol. The zero-order chi connectivity index (χ0) is 11.1. The Kier molecular flexibility index (Phi) is 4.84. The maximum Gasteiger partial charge on any atom is 0.253 e. The van der Waals surface area contributed by atoms with E-state index in [2.05, 4.69) is 11.9 Å². The first-order valence-corrected chi connectivity index (χ1v) is 5.25. The Hall–Kier alpha value is -1.35. The number of amides is 1. The summed E-state index contributed by atoms with van der Waals surface area (Å²) in [6, 6.07) is 0. The van der Waals surface area contributed by atoms with Crippen LogP contribution >= 0.6 is 0 Å². The van der Waals surface area contributed by atoms with Gasteiger partial charge in [-0.05, 0) is 13.0 Å². The van der Waals surface area contributed by atoms with Crippen molar-refractivity contribution in [3.05, 3.63) is 36.5 Å². The van der Waals surface area contributed by atoms with Crippen LogP contribution in [-0.2, 0) is 4.79 Å². The van der Waals surface area contributed by atoms with Crippen LogP contribution in [0.15, 0.2) is 36.5 Å². The van der Waals surface area contributed by atoms with E-state index in [-0.39, 0.29) is 5.91 Å². The quantitative estimate of drug-likeness (QED) is 0.554. The van der Waals surface area contributed by atoms with Crippen LogP contribution in [-0.4, -0.2) is 37.0 Å². The van der Waals surface area contributed by atoms with Gasteiger partial charge in [0, 0.05) is 31.8 Å². The third-order valence-corrected chi connectivity index (χ3v) is 2.34. The Bertz CT molecular complexity index is 286. The SMILES string of the molecule is C=C/C(=C\C=C/C)C(=O)N1CCNCC1. The molecule has 1 rings (SSSR count). The highest BCUT2D eigenvalue weighted by atomic mass is 16.2. The number of nitrogens with one attached hydrogen (secondary N) is 1. The summed E-state index contributed by atoms with van der Waals surface area (Å²) in [6.07, 6.45) is 7.17. The van der Waals surface area contributed by atoms with Crippen LogP contribution in [0.5, 0.6) is 0 Å². The number of carbonyl (C=O) groups excluding carboxylic acids is 1. The van der Waals surface area contributed by atoms with Gasteiger partial charge in [-0.1, -0.05) is 24.8 Å². The monoisotopic (exact) mass is 206 g/mol. The van der Waals surface area contributed by atoms with Crippen LogP contribution in [0.1, 0.15) is 6.92 Å². The molecule has 0 radical (unpaired) electrons. The number of allylic oxidation sites excluding steroid dienone is 3. The van der Waals surface area contributed by atoms with Crippen LogP contribution in [0.2, 0.25) is 0 Å². The fourth-order valence-electron chi connectivity index (χ4n) is 1.48. The molecule has 0 spiro atoms. The van der Waals surface area contributed by atoms with Gasteiger partial charge in [-0.2, -0.15) is 0 Å². The van der Waals surface area contributed by atoms with Crippen molar-refractivity contribution < 1.29 is 4.79 Å². The fraction of sp³-hybridized carbons (Fsp3) is 0.417. The standard InChI is InChI=1S/C12H18N2O/c1-3-5-6-11(4-2)12(15)14-9-7-13-8-10-14/h3-6,13H,2,7-10H2,1H3/b5-3-,11-6+. The van der Waals surface area contributed by atoms with E-state index in [0.717, 1.165) is 26.2 Å².